The molecule has 3 N–H and O–H groups in total. The Morgan fingerprint density at radius 3 is 2.55 bits per heavy atom. The Balaban J connectivity index is 1.69. The number of rotatable bonds is 5. The van der Waals surface area contributed by atoms with Gasteiger partial charge in [0.25, 0.3) is 5.91 Å². The van der Waals surface area contributed by atoms with E-state index in [0.29, 0.717) is 11.3 Å². The fourth-order valence-corrected chi connectivity index (χ4v) is 3.47. The molecule has 0 bridgehead atoms. The summed E-state index contributed by atoms with van der Waals surface area (Å²) in [5.41, 5.74) is 1.51. The number of phenols is 1. The summed E-state index contributed by atoms with van der Waals surface area (Å²) in [7, 11) is 0. The molecule has 1 aromatic heterocycles. The smallest absolute Gasteiger partial charge is 0.272 e. The molecule has 3 aromatic rings. The number of aromatic hydroxyl groups is 1. The summed E-state index contributed by atoms with van der Waals surface area (Å²) in [4.78, 5) is 13.2. The fraction of sp³-hybridized carbons (Fsp3) is 0.308. The van der Waals surface area contributed by atoms with E-state index in [1.54, 1.807) is 24.6 Å². The van der Waals surface area contributed by atoms with E-state index in [1.807, 2.05) is 31.2 Å². The normalized spacial score (nSPS) is 14.3. The van der Waals surface area contributed by atoms with Gasteiger partial charge in [-0.15, -0.1) is 0 Å². The van der Waals surface area contributed by atoms with E-state index in [9.17, 15) is 19.4 Å². The minimum absolute atomic E-state index is 0.123. The number of phenolic OH excluding ortho intramolecular Hbond substituents is 1. The zero-order valence-corrected chi connectivity index (χ0v) is 18.8. The Labute approximate surface area is 192 Å². The molecule has 1 atom stereocenters. The summed E-state index contributed by atoms with van der Waals surface area (Å²) < 4.78 is 15.7. The van der Waals surface area contributed by atoms with Crippen molar-refractivity contribution < 1.29 is 19.4 Å². The van der Waals surface area contributed by atoms with Gasteiger partial charge in [0.1, 0.15) is 22.9 Å². The second-order valence-corrected chi connectivity index (χ2v) is 8.92. The average molecular weight is 448 g/mol. The molecule has 0 aliphatic heterocycles. The van der Waals surface area contributed by atoms with E-state index in [-0.39, 0.29) is 23.0 Å². The molecule has 1 aliphatic carbocycles. The molecule has 2 aromatic carbocycles. The summed E-state index contributed by atoms with van der Waals surface area (Å²) >= 11 is 0. The lowest BCUT2D eigenvalue weighted by atomic mass is 9.96. The van der Waals surface area contributed by atoms with E-state index in [2.05, 4.69) is 22.3 Å². The van der Waals surface area contributed by atoms with E-state index < -0.39 is 23.4 Å². The van der Waals surface area contributed by atoms with Gasteiger partial charge in [0, 0.05) is 11.6 Å². The Bertz CT molecular complexity index is 1240. The standard InChI is InChI=1S/C26H26FN3O3/c1-16-4-6-17(7-5-16)24(21-14-18(27)8-11-23(21)31)28-25(32)22-15-20(12-13-26(2,3)33)30(29-22)19-9-10-19/h4-8,11,14-15,19,24,31,33H,9-10H2,1-3H3,(H,28,32). The van der Waals surface area contributed by atoms with Crippen LogP contribution < -0.4 is 5.32 Å². The molecule has 0 saturated heterocycles. The van der Waals surface area contributed by atoms with Crippen molar-refractivity contribution in [1.29, 1.82) is 0 Å². The molecule has 1 amide bonds. The lowest BCUT2D eigenvalue weighted by molar-refractivity contribution is 0.0936. The minimum Gasteiger partial charge on any atom is -0.508 e. The first-order valence-electron chi connectivity index (χ1n) is 10.8. The molecule has 1 fully saturated rings. The predicted molar refractivity (Wildman–Crippen MR) is 122 cm³/mol. The van der Waals surface area contributed by atoms with Crippen LogP contribution in [0.3, 0.4) is 0 Å². The van der Waals surface area contributed by atoms with E-state index in [1.165, 1.54) is 12.1 Å². The SMILES string of the molecule is Cc1ccc(C(NC(=O)c2cc(C#CC(C)(C)O)n(C3CC3)n2)c2cc(F)ccc2O)cc1. The van der Waals surface area contributed by atoms with E-state index >= 15 is 0 Å². The van der Waals surface area contributed by atoms with Crippen LogP contribution in [0.2, 0.25) is 0 Å². The number of aliphatic hydroxyl groups is 1. The van der Waals surface area contributed by atoms with Gasteiger partial charge in [0.05, 0.1) is 12.1 Å². The van der Waals surface area contributed by atoms with E-state index in [0.717, 1.165) is 24.5 Å². The highest BCUT2D eigenvalue weighted by atomic mass is 19.1. The molecular formula is C26H26FN3O3. The summed E-state index contributed by atoms with van der Waals surface area (Å²) in [5.74, 6) is 4.57. The van der Waals surface area contributed by atoms with Gasteiger partial charge in [0.2, 0.25) is 0 Å². The third-order valence-electron chi connectivity index (χ3n) is 5.34. The fourth-order valence-electron chi connectivity index (χ4n) is 3.47. The summed E-state index contributed by atoms with van der Waals surface area (Å²) in [6.07, 6.45) is 1.90. The molecule has 4 rings (SSSR count). The third-order valence-corrected chi connectivity index (χ3v) is 5.34. The third kappa shape index (κ3) is 5.41. The van der Waals surface area contributed by atoms with Crippen LogP contribution in [0.5, 0.6) is 5.75 Å². The number of nitrogens with one attached hydrogen (secondary N) is 1. The number of aromatic nitrogens is 2. The number of aryl methyl sites for hydroxylation is 1. The second kappa shape index (κ2) is 8.72. The summed E-state index contributed by atoms with van der Waals surface area (Å²) in [6.45, 7) is 5.12. The van der Waals surface area contributed by atoms with Crippen molar-refractivity contribution in [3.05, 3.63) is 82.4 Å². The first-order valence-corrected chi connectivity index (χ1v) is 10.8. The van der Waals surface area contributed by atoms with Crippen LogP contribution in [-0.4, -0.2) is 31.5 Å². The lowest BCUT2D eigenvalue weighted by Gasteiger charge is -2.20. The maximum Gasteiger partial charge on any atom is 0.272 e. The Morgan fingerprint density at radius 1 is 1.21 bits per heavy atom. The van der Waals surface area contributed by atoms with Crippen LogP contribution >= 0.6 is 0 Å². The second-order valence-electron chi connectivity index (χ2n) is 8.92. The highest BCUT2D eigenvalue weighted by molar-refractivity contribution is 5.93. The average Bonchev–Trinajstić information content (AvgIpc) is 3.51. The zero-order valence-electron chi connectivity index (χ0n) is 18.8. The van der Waals surface area contributed by atoms with Crippen LogP contribution in [0.4, 0.5) is 4.39 Å². The number of carbonyl (C=O) groups is 1. The van der Waals surface area contributed by atoms with Crippen molar-refractivity contribution in [2.24, 2.45) is 0 Å². The van der Waals surface area contributed by atoms with Gasteiger partial charge < -0.3 is 15.5 Å². The maximum atomic E-state index is 14.0. The first-order chi connectivity index (χ1) is 15.6. The Morgan fingerprint density at radius 2 is 1.91 bits per heavy atom. The summed E-state index contributed by atoms with van der Waals surface area (Å²) in [6, 6.07) is 12.0. The van der Waals surface area contributed by atoms with Gasteiger partial charge in [-0.05, 0) is 63.3 Å². The molecule has 1 heterocycles. The molecule has 7 heteroatoms. The van der Waals surface area contributed by atoms with Gasteiger partial charge in [-0.25, -0.2) is 4.39 Å². The topological polar surface area (TPSA) is 87.4 Å². The van der Waals surface area contributed by atoms with Gasteiger partial charge in [-0.1, -0.05) is 35.7 Å². The molecular weight excluding hydrogens is 421 g/mol. The van der Waals surface area contributed by atoms with Crippen LogP contribution in [0, 0.1) is 24.6 Å². The van der Waals surface area contributed by atoms with Crippen molar-refractivity contribution in [3.8, 4) is 17.6 Å². The monoisotopic (exact) mass is 447 g/mol. The van der Waals surface area contributed by atoms with Gasteiger partial charge in [0.15, 0.2) is 5.69 Å². The minimum atomic E-state index is -1.17. The quantitative estimate of drug-likeness (QED) is 0.516. The van der Waals surface area contributed by atoms with E-state index in [4.69, 9.17) is 0 Å². The number of amides is 1. The van der Waals surface area contributed by atoms with Crippen LogP contribution in [0.25, 0.3) is 0 Å². The number of hydrogen-bond acceptors (Lipinski definition) is 4. The van der Waals surface area contributed by atoms with Crippen molar-refractivity contribution in [2.75, 3.05) is 0 Å². The van der Waals surface area contributed by atoms with Crippen molar-refractivity contribution in [2.45, 2.75) is 51.3 Å². The van der Waals surface area contributed by atoms with Gasteiger partial charge in [-0.3, -0.25) is 9.48 Å². The molecule has 6 nitrogen and oxygen atoms in total. The molecule has 1 saturated carbocycles. The number of benzene rings is 2. The zero-order chi connectivity index (χ0) is 23.8. The Hall–Kier alpha value is -3.63. The molecule has 1 aliphatic rings. The molecule has 33 heavy (non-hydrogen) atoms. The molecule has 0 spiro atoms. The number of hydrogen-bond donors (Lipinski definition) is 3. The van der Waals surface area contributed by atoms with Crippen LogP contribution in [0.1, 0.15) is 71.6 Å². The lowest BCUT2D eigenvalue weighted by Crippen LogP contribution is -2.30. The molecule has 0 radical (unpaired) electrons. The van der Waals surface area contributed by atoms with Crippen molar-refractivity contribution >= 4 is 5.91 Å². The number of carbonyl (C=O) groups excluding carboxylic acids is 1. The Kier molecular flexibility index (Phi) is 5.96. The van der Waals surface area contributed by atoms with Crippen molar-refractivity contribution in [3.63, 3.8) is 0 Å². The predicted octanol–water partition coefficient (Wildman–Crippen LogP) is 4.01. The highest BCUT2D eigenvalue weighted by Gasteiger charge is 2.29. The highest BCUT2D eigenvalue weighted by Crippen LogP contribution is 2.36. The largest absolute Gasteiger partial charge is 0.508 e. The number of halogens is 1. The van der Waals surface area contributed by atoms with Crippen LogP contribution in [0.15, 0.2) is 48.5 Å². The van der Waals surface area contributed by atoms with Gasteiger partial charge >= 0.3 is 0 Å². The van der Waals surface area contributed by atoms with Gasteiger partial charge in [-0.2, -0.15) is 5.10 Å². The summed E-state index contributed by atoms with van der Waals surface area (Å²) in [5, 5.41) is 27.7. The maximum absolute atomic E-state index is 14.0. The molecule has 1 unspecified atom stereocenters. The first kappa shape index (κ1) is 22.6. The molecule has 170 valence electrons. The van der Waals surface area contributed by atoms with Crippen molar-refractivity contribution in [1.82, 2.24) is 15.1 Å². The van der Waals surface area contributed by atoms with Crippen LogP contribution in [-0.2, 0) is 0 Å². The number of nitrogens with zero attached hydrogens (tertiary/aromatic N) is 2.